The fourth-order valence-corrected chi connectivity index (χ4v) is 2.28. The molecular formula is C14H10ClN3O2. The van der Waals surface area contributed by atoms with E-state index in [0.717, 1.165) is 0 Å². The maximum atomic E-state index is 12.1. The van der Waals surface area contributed by atoms with Crippen LogP contribution in [0, 0.1) is 6.92 Å². The van der Waals surface area contributed by atoms with E-state index in [0.29, 0.717) is 27.4 Å². The Morgan fingerprint density at radius 3 is 2.65 bits per heavy atom. The van der Waals surface area contributed by atoms with Gasteiger partial charge in [0.05, 0.1) is 16.1 Å². The summed E-state index contributed by atoms with van der Waals surface area (Å²) >= 11 is 6.13. The first-order valence-corrected chi connectivity index (χ1v) is 6.33. The minimum Gasteiger partial charge on any atom is -0.273 e. The summed E-state index contributed by atoms with van der Waals surface area (Å²) in [5.74, 6) is 0. The third kappa shape index (κ3) is 1.92. The Morgan fingerprint density at radius 2 is 1.90 bits per heavy atom. The summed E-state index contributed by atoms with van der Waals surface area (Å²) in [6.45, 7) is 1.79. The molecule has 0 fully saturated rings. The van der Waals surface area contributed by atoms with Gasteiger partial charge in [0, 0.05) is 5.69 Å². The summed E-state index contributed by atoms with van der Waals surface area (Å²) in [6.07, 6.45) is 0. The highest BCUT2D eigenvalue weighted by molar-refractivity contribution is 6.32. The van der Waals surface area contributed by atoms with Crippen molar-refractivity contribution in [2.24, 2.45) is 0 Å². The molecule has 0 aliphatic rings. The predicted octanol–water partition coefficient (Wildman–Crippen LogP) is 2.04. The summed E-state index contributed by atoms with van der Waals surface area (Å²) < 4.78 is 1.31. The maximum absolute atomic E-state index is 12.1. The summed E-state index contributed by atoms with van der Waals surface area (Å²) in [4.78, 5) is 30.5. The van der Waals surface area contributed by atoms with Crippen molar-refractivity contribution in [3.63, 3.8) is 0 Å². The van der Waals surface area contributed by atoms with Crippen LogP contribution in [0.4, 0.5) is 0 Å². The third-order valence-electron chi connectivity index (χ3n) is 2.99. The van der Waals surface area contributed by atoms with Crippen LogP contribution in [0.15, 0.2) is 46.0 Å². The van der Waals surface area contributed by atoms with E-state index in [2.05, 4.69) is 9.97 Å². The number of aromatic amines is 1. The van der Waals surface area contributed by atoms with E-state index in [4.69, 9.17) is 11.6 Å². The average Bonchev–Trinajstić information content (AvgIpc) is 2.40. The van der Waals surface area contributed by atoms with Gasteiger partial charge in [-0.05, 0) is 31.2 Å². The number of aromatic nitrogens is 3. The van der Waals surface area contributed by atoms with Crippen molar-refractivity contribution in [1.82, 2.24) is 14.5 Å². The van der Waals surface area contributed by atoms with E-state index in [1.54, 1.807) is 43.3 Å². The van der Waals surface area contributed by atoms with Crippen molar-refractivity contribution < 1.29 is 0 Å². The molecule has 3 rings (SSSR count). The largest absolute Gasteiger partial charge is 0.334 e. The average molecular weight is 288 g/mol. The van der Waals surface area contributed by atoms with Crippen LogP contribution in [0.3, 0.4) is 0 Å². The molecule has 0 amide bonds. The first-order chi connectivity index (χ1) is 9.58. The van der Waals surface area contributed by atoms with Gasteiger partial charge in [-0.15, -0.1) is 0 Å². The van der Waals surface area contributed by atoms with Gasteiger partial charge in [0.15, 0.2) is 5.65 Å². The van der Waals surface area contributed by atoms with Gasteiger partial charge >= 0.3 is 5.69 Å². The zero-order chi connectivity index (χ0) is 14.3. The molecule has 2 aromatic heterocycles. The molecular weight excluding hydrogens is 278 g/mol. The normalized spacial score (nSPS) is 10.9. The van der Waals surface area contributed by atoms with Gasteiger partial charge in [-0.3, -0.25) is 9.78 Å². The molecule has 100 valence electrons. The Bertz CT molecular complexity index is 928. The Balaban J connectivity index is 2.54. The van der Waals surface area contributed by atoms with E-state index >= 15 is 0 Å². The maximum Gasteiger partial charge on any atom is 0.334 e. The van der Waals surface area contributed by atoms with Crippen LogP contribution in [-0.2, 0) is 0 Å². The third-order valence-corrected chi connectivity index (χ3v) is 3.31. The second-order valence-electron chi connectivity index (χ2n) is 4.37. The molecule has 20 heavy (non-hydrogen) atoms. The van der Waals surface area contributed by atoms with Crippen LogP contribution in [0.5, 0.6) is 0 Å². The summed E-state index contributed by atoms with van der Waals surface area (Å²) in [5, 5.41) is 0.751. The van der Waals surface area contributed by atoms with Gasteiger partial charge in [0.25, 0.3) is 5.56 Å². The molecule has 1 N–H and O–H groups in total. The highest BCUT2D eigenvalue weighted by atomic mass is 35.5. The molecule has 5 nitrogen and oxygen atoms in total. The van der Waals surface area contributed by atoms with Gasteiger partial charge in [-0.1, -0.05) is 23.7 Å². The highest BCUT2D eigenvalue weighted by Gasteiger charge is 2.12. The van der Waals surface area contributed by atoms with Crippen molar-refractivity contribution in [2.45, 2.75) is 6.92 Å². The van der Waals surface area contributed by atoms with Crippen molar-refractivity contribution in [3.8, 4) is 5.69 Å². The molecule has 0 unspecified atom stereocenters. The lowest BCUT2D eigenvalue weighted by molar-refractivity contribution is 0.921. The van der Waals surface area contributed by atoms with Crippen LogP contribution < -0.4 is 11.2 Å². The van der Waals surface area contributed by atoms with E-state index in [1.807, 2.05) is 0 Å². The molecule has 1 aromatic carbocycles. The number of halogens is 1. The number of nitrogens with one attached hydrogen (secondary N) is 1. The number of nitrogens with zero attached hydrogens (tertiary/aromatic N) is 2. The van der Waals surface area contributed by atoms with Gasteiger partial charge in [0.2, 0.25) is 0 Å². The van der Waals surface area contributed by atoms with Gasteiger partial charge in [-0.25, -0.2) is 14.3 Å². The monoisotopic (exact) mass is 287 g/mol. The minimum absolute atomic E-state index is 0.298. The standard InChI is InChI=1S/C14H10ClN3O2/c1-8-6-7-9-12(16-8)18(14(20)17-13(9)19)11-5-3-2-4-10(11)15/h2-7H,1H3,(H,17,19,20). The smallest absolute Gasteiger partial charge is 0.273 e. The number of H-pyrrole nitrogens is 1. The lowest BCUT2D eigenvalue weighted by atomic mass is 10.2. The fraction of sp³-hybridized carbons (Fsp3) is 0.0714. The number of rotatable bonds is 1. The topological polar surface area (TPSA) is 67.8 Å². The molecule has 0 saturated heterocycles. The molecule has 0 aliphatic carbocycles. The van der Waals surface area contributed by atoms with Crippen molar-refractivity contribution in [3.05, 3.63) is 68.0 Å². The Kier molecular flexibility index (Phi) is 2.91. The molecule has 0 aliphatic heterocycles. The molecule has 6 heteroatoms. The summed E-state index contributed by atoms with van der Waals surface area (Å²) in [7, 11) is 0. The van der Waals surface area contributed by atoms with Crippen LogP contribution in [0.1, 0.15) is 5.69 Å². The lowest BCUT2D eigenvalue weighted by Gasteiger charge is -2.10. The number of hydrogen-bond donors (Lipinski definition) is 1. The number of hydrogen-bond acceptors (Lipinski definition) is 3. The number of aryl methyl sites for hydroxylation is 1. The van der Waals surface area contributed by atoms with Crippen LogP contribution in [0.2, 0.25) is 5.02 Å². The summed E-state index contributed by atoms with van der Waals surface area (Å²) in [5.41, 5.74) is 0.475. The SMILES string of the molecule is Cc1ccc2c(=O)[nH]c(=O)n(-c3ccccc3Cl)c2n1. The minimum atomic E-state index is -0.561. The number of pyridine rings is 1. The van der Waals surface area contributed by atoms with Gasteiger partial charge < -0.3 is 0 Å². The lowest BCUT2D eigenvalue weighted by Crippen LogP contribution is -2.30. The van der Waals surface area contributed by atoms with E-state index in [-0.39, 0.29) is 0 Å². The molecule has 0 radical (unpaired) electrons. The summed E-state index contributed by atoms with van der Waals surface area (Å²) in [6, 6.07) is 10.3. The van der Waals surface area contributed by atoms with Crippen LogP contribution in [0.25, 0.3) is 16.7 Å². The van der Waals surface area contributed by atoms with Crippen molar-refractivity contribution in [2.75, 3.05) is 0 Å². The molecule has 0 saturated carbocycles. The zero-order valence-electron chi connectivity index (χ0n) is 10.6. The second kappa shape index (κ2) is 4.61. The number of benzene rings is 1. The first kappa shape index (κ1) is 12.6. The van der Waals surface area contributed by atoms with Crippen LogP contribution >= 0.6 is 11.6 Å². The molecule has 0 spiro atoms. The van der Waals surface area contributed by atoms with Crippen molar-refractivity contribution >= 4 is 22.6 Å². The first-order valence-electron chi connectivity index (χ1n) is 5.95. The predicted molar refractivity (Wildman–Crippen MR) is 77.7 cm³/mol. The zero-order valence-corrected chi connectivity index (χ0v) is 11.3. The van der Waals surface area contributed by atoms with Crippen molar-refractivity contribution in [1.29, 1.82) is 0 Å². The Hall–Kier alpha value is -2.40. The highest BCUT2D eigenvalue weighted by Crippen LogP contribution is 2.20. The number of para-hydroxylation sites is 1. The molecule has 0 bridgehead atoms. The fourth-order valence-electron chi connectivity index (χ4n) is 2.06. The van der Waals surface area contributed by atoms with Gasteiger partial charge in [-0.2, -0.15) is 0 Å². The molecule has 0 atom stereocenters. The quantitative estimate of drug-likeness (QED) is 0.745. The van der Waals surface area contributed by atoms with Gasteiger partial charge in [0.1, 0.15) is 0 Å². The Labute approximate surface area is 118 Å². The number of fused-ring (bicyclic) bond motifs is 1. The Morgan fingerprint density at radius 1 is 1.15 bits per heavy atom. The molecule has 3 aromatic rings. The second-order valence-corrected chi connectivity index (χ2v) is 4.78. The van der Waals surface area contributed by atoms with E-state index in [9.17, 15) is 9.59 Å². The van der Waals surface area contributed by atoms with E-state index < -0.39 is 11.2 Å². The molecule has 2 heterocycles. The van der Waals surface area contributed by atoms with Crippen LogP contribution in [-0.4, -0.2) is 14.5 Å². The van der Waals surface area contributed by atoms with E-state index in [1.165, 1.54) is 4.57 Å².